The van der Waals surface area contributed by atoms with Crippen LogP contribution >= 0.6 is 0 Å². The summed E-state index contributed by atoms with van der Waals surface area (Å²) in [5.74, 6) is 0.323. The van der Waals surface area contributed by atoms with Gasteiger partial charge in [-0.25, -0.2) is 9.78 Å². The molecule has 0 unspecified atom stereocenters. The fourth-order valence-electron chi connectivity index (χ4n) is 2.11. The fraction of sp³-hybridized carbons (Fsp3) is 0.333. The van der Waals surface area contributed by atoms with Crippen LogP contribution in [-0.4, -0.2) is 24.2 Å². The molecule has 0 radical (unpaired) electrons. The Hall–Kier alpha value is -2.56. The number of nitrogens with zero attached hydrogens (tertiary/aromatic N) is 1. The molecule has 0 amide bonds. The summed E-state index contributed by atoms with van der Waals surface area (Å²) in [6, 6.07) is 9.71. The van der Waals surface area contributed by atoms with Gasteiger partial charge in [-0.2, -0.15) is 0 Å². The summed E-state index contributed by atoms with van der Waals surface area (Å²) >= 11 is 0. The molecule has 5 nitrogen and oxygen atoms in total. The Morgan fingerprint density at radius 3 is 2.52 bits per heavy atom. The number of esters is 1. The van der Waals surface area contributed by atoms with Crippen molar-refractivity contribution in [3.05, 3.63) is 53.2 Å². The first-order valence-corrected chi connectivity index (χ1v) is 7.44. The highest BCUT2D eigenvalue weighted by molar-refractivity contribution is 5.94. The lowest BCUT2D eigenvalue weighted by Gasteiger charge is -2.16. The highest BCUT2D eigenvalue weighted by Crippen LogP contribution is 2.29. The Morgan fingerprint density at radius 1 is 1.22 bits per heavy atom. The van der Waals surface area contributed by atoms with Gasteiger partial charge >= 0.3 is 5.97 Å². The Balaban J connectivity index is 2.30. The van der Waals surface area contributed by atoms with Gasteiger partial charge in [0.05, 0.1) is 19.4 Å². The van der Waals surface area contributed by atoms with Gasteiger partial charge in [0.2, 0.25) is 5.88 Å². The van der Waals surface area contributed by atoms with Gasteiger partial charge in [-0.1, -0.05) is 30.3 Å². The zero-order chi connectivity index (χ0) is 16.8. The number of benzene rings is 1. The molecule has 0 aliphatic rings. The van der Waals surface area contributed by atoms with E-state index in [1.54, 1.807) is 6.92 Å². The number of rotatable bonds is 6. The van der Waals surface area contributed by atoms with Crippen LogP contribution in [-0.2, 0) is 11.3 Å². The Morgan fingerprint density at radius 2 is 1.91 bits per heavy atom. The normalized spacial score (nSPS) is 10.5. The summed E-state index contributed by atoms with van der Waals surface area (Å²) < 4.78 is 16.3. The van der Waals surface area contributed by atoms with E-state index in [9.17, 15) is 4.79 Å². The number of pyridine rings is 1. The van der Waals surface area contributed by atoms with Crippen molar-refractivity contribution >= 4 is 5.97 Å². The fourth-order valence-corrected chi connectivity index (χ4v) is 2.11. The number of aromatic nitrogens is 1. The molecule has 1 aromatic carbocycles. The number of ether oxygens (including phenoxy) is 3. The number of carbonyl (C=O) groups is 1. The Bertz CT molecular complexity index is 668. The third kappa shape index (κ3) is 4.22. The quantitative estimate of drug-likeness (QED) is 0.763. The molecule has 0 bridgehead atoms. The van der Waals surface area contributed by atoms with Gasteiger partial charge in [-0.3, -0.25) is 0 Å². The summed E-state index contributed by atoms with van der Waals surface area (Å²) in [5.41, 5.74) is 1.95. The molecule has 0 spiro atoms. The molecular formula is C18H21NO4. The Kier molecular flexibility index (Phi) is 5.57. The average molecular weight is 315 g/mol. The lowest BCUT2D eigenvalue weighted by atomic mass is 10.1. The van der Waals surface area contributed by atoms with Crippen molar-refractivity contribution in [3.8, 4) is 11.6 Å². The number of hydrogen-bond donors (Lipinski definition) is 0. The second kappa shape index (κ2) is 7.63. The zero-order valence-corrected chi connectivity index (χ0v) is 13.8. The van der Waals surface area contributed by atoms with Crippen LogP contribution in [0.1, 0.15) is 35.3 Å². The number of methoxy groups -OCH3 is 1. The summed E-state index contributed by atoms with van der Waals surface area (Å²) in [7, 11) is 1.34. The maximum Gasteiger partial charge on any atom is 0.342 e. The molecule has 2 rings (SSSR count). The third-order valence-electron chi connectivity index (χ3n) is 3.22. The molecular weight excluding hydrogens is 294 g/mol. The van der Waals surface area contributed by atoms with Crippen LogP contribution in [0.15, 0.2) is 36.5 Å². The summed E-state index contributed by atoms with van der Waals surface area (Å²) in [4.78, 5) is 16.4. The zero-order valence-electron chi connectivity index (χ0n) is 13.8. The molecule has 0 aliphatic carbocycles. The molecule has 23 heavy (non-hydrogen) atoms. The van der Waals surface area contributed by atoms with Crippen LogP contribution < -0.4 is 9.47 Å². The van der Waals surface area contributed by atoms with E-state index in [1.807, 2.05) is 44.2 Å². The van der Waals surface area contributed by atoms with Crippen molar-refractivity contribution in [1.82, 2.24) is 4.98 Å². The topological polar surface area (TPSA) is 57.7 Å². The average Bonchev–Trinajstić information content (AvgIpc) is 2.55. The molecule has 0 fully saturated rings. The van der Waals surface area contributed by atoms with Crippen LogP contribution in [0.25, 0.3) is 0 Å². The van der Waals surface area contributed by atoms with E-state index in [4.69, 9.17) is 14.2 Å². The van der Waals surface area contributed by atoms with Crippen molar-refractivity contribution in [2.24, 2.45) is 0 Å². The number of hydrogen-bond acceptors (Lipinski definition) is 5. The molecule has 0 N–H and O–H groups in total. The van der Waals surface area contributed by atoms with Crippen LogP contribution in [0.4, 0.5) is 0 Å². The largest absolute Gasteiger partial charge is 0.486 e. The van der Waals surface area contributed by atoms with E-state index in [-0.39, 0.29) is 6.10 Å². The predicted molar refractivity (Wildman–Crippen MR) is 86.9 cm³/mol. The molecule has 1 aromatic heterocycles. The van der Waals surface area contributed by atoms with Gasteiger partial charge < -0.3 is 14.2 Å². The molecule has 0 saturated heterocycles. The third-order valence-corrected chi connectivity index (χ3v) is 3.22. The Labute approximate surface area is 136 Å². The molecule has 0 aliphatic heterocycles. The first kappa shape index (κ1) is 16.8. The van der Waals surface area contributed by atoms with Crippen LogP contribution in [0, 0.1) is 6.92 Å². The van der Waals surface area contributed by atoms with Gasteiger partial charge in [-0.05, 0) is 26.3 Å². The molecule has 1 heterocycles. The first-order valence-electron chi connectivity index (χ1n) is 7.44. The van der Waals surface area contributed by atoms with E-state index in [0.29, 0.717) is 29.4 Å². The lowest BCUT2D eigenvalue weighted by molar-refractivity contribution is 0.0593. The maximum atomic E-state index is 12.1. The molecule has 2 aromatic rings. The monoisotopic (exact) mass is 315 g/mol. The van der Waals surface area contributed by atoms with Crippen molar-refractivity contribution in [3.63, 3.8) is 0 Å². The number of carbonyl (C=O) groups excluding carboxylic acids is 1. The second-order valence-corrected chi connectivity index (χ2v) is 5.36. The molecule has 0 saturated carbocycles. The summed E-state index contributed by atoms with van der Waals surface area (Å²) in [6.07, 6.45) is 1.46. The minimum atomic E-state index is -0.471. The highest BCUT2D eigenvalue weighted by atomic mass is 16.5. The highest BCUT2D eigenvalue weighted by Gasteiger charge is 2.21. The van der Waals surface area contributed by atoms with E-state index in [1.165, 1.54) is 13.3 Å². The van der Waals surface area contributed by atoms with Gasteiger partial charge in [0.15, 0.2) is 5.75 Å². The standard InChI is InChI=1S/C18H21NO4/c1-12(2)23-17-13(3)16(18(20)21-4)15(10-19-17)22-11-14-8-6-5-7-9-14/h5-10,12H,11H2,1-4H3. The maximum absolute atomic E-state index is 12.1. The van der Waals surface area contributed by atoms with Crippen LogP contribution in [0.5, 0.6) is 11.6 Å². The van der Waals surface area contributed by atoms with Gasteiger partial charge in [0.1, 0.15) is 12.2 Å². The van der Waals surface area contributed by atoms with Crippen LogP contribution in [0.3, 0.4) is 0 Å². The van der Waals surface area contributed by atoms with Crippen molar-refractivity contribution in [2.45, 2.75) is 33.5 Å². The summed E-state index contributed by atoms with van der Waals surface area (Å²) in [6.45, 7) is 5.92. The minimum absolute atomic E-state index is 0.0391. The SMILES string of the molecule is COC(=O)c1c(OCc2ccccc2)cnc(OC(C)C)c1C. The molecule has 122 valence electrons. The molecule has 5 heteroatoms. The van der Waals surface area contributed by atoms with Crippen LogP contribution in [0.2, 0.25) is 0 Å². The predicted octanol–water partition coefficient (Wildman–Crippen LogP) is 3.54. The van der Waals surface area contributed by atoms with E-state index < -0.39 is 5.97 Å². The van der Waals surface area contributed by atoms with E-state index in [2.05, 4.69) is 4.98 Å². The summed E-state index contributed by atoms with van der Waals surface area (Å²) in [5, 5.41) is 0. The lowest BCUT2D eigenvalue weighted by Crippen LogP contribution is -2.13. The van der Waals surface area contributed by atoms with Crippen molar-refractivity contribution in [1.29, 1.82) is 0 Å². The molecule has 0 atom stereocenters. The van der Waals surface area contributed by atoms with Crippen molar-refractivity contribution in [2.75, 3.05) is 7.11 Å². The first-order chi connectivity index (χ1) is 11.0. The minimum Gasteiger partial charge on any atom is -0.486 e. The second-order valence-electron chi connectivity index (χ2n) is 5.36. The van der Waals surface area contributed by atoms with Gasteiger partial charge in [0.25, 0.3) is 0 Å². The van der Waals surface area contributed by atoms with Gasteiger partial charge in [-0.15, -0.1) is 0 Å². The van der Waals surface area contributed by atoms with Gasteiger partial charge in [0, 0.05) is 5.56 Å². The smallest absolute Gasteiger partial charge is 0.342 e. The van der Waals surface area contributed by atoms with E-state index >= 15 is 0 Å². The van der Waals surface area contributed by atoms with Crippen molar-refractivity contribution < 1.29 is 19.0 Å². The van der Waals surface area contributed by atoms with E-state index in [0.717, 1.165) is 5.56 Å².